The van der Waals surface area contributed by atoms with E-state index in [1.54, 1.807) is 11.9 Å². The van der Waals surface area contributed by atoms with Crippen molar-refractivity contribution >= 4 is 11.6 Å². The van der Waals surface area contributed by atoms with Crippen molar-refractivity contribution in [2.45, 2.75) is 13.8 Å². The van der Waals surface area contributed by atoms with Gasteiger partial charge in [-0.05, 0) is 19.9 Å². The number of rotatable bonds is 2. The number of aromatic amines is 1. The molecule has 0 radical (unpaired) electrons. The van der Waals surface area contributed by atoms with E-state index in [9.17, 15) is 4.79 Å². The van der Waals surface area contributed by atoms with Gasteiger partial charge in [-0.25, -0.2) is 0 Å². The number of H-pyrrole nitrogens is 1. The van der Waals surface area contributed by atoms with Gasteiger partial charge in [0.05, 0.1) is 12.2 Å². The van der Waals surface area contributed by atoms with Gasteiger partial charge in [0.1, 0.15) is 0 Å². The SMILES string of the molecule is Cc1cc(N(C)C(=O)CN)c(C)[nH]1. The summed E-state index contributed by atoms with van der Waals surface area (Å²) in [7, 11) is 1.73. The maximum absolute atomic E-state index is 11.3. The lowest BCUT2D eigenvalue weighted by Gasteiger charge is -2.15. The van der Waals surface area contributed by atoms with E-state index >= 15 is 0 Å². The lowest BCUT2D eigenvalue weighted by atomic mass is 10.3. The molecule has 1 rings (SSSR count). The number of carbonyl (C=O) groups excluding carboxylic acids is 1. The summed E-state index contributed by atoms with van der Waals surface area (Å²) in [5.74, 6) is -0.0814. The molecule has 1 aromatic heterocycles. The highest BCUT2D eigenvalue weighted by atomic mass is 16.2. The minimum atomic E-state index is -0.0814. The van der Waals surface area contributed by atoms with Crippen LogP contribution in [0.25, 0.3) is 0 Å². The molecular formula is C9H15N3O. The number of amides is 1. The second-order valence-corrected chi connectivity index (χ2v) is 3.12. The van der Waals surface area contributed by atoms with Gasteiger partial charge < -0.3 is 15.6 Å². The zero-order valence-electron chi connectivity index (χ0n) is 8.22. The molecule has 0 spiro atoms. The number of aromatic nitrogens is 1. The van der Waals surface area contributed by atoms with E-state index in [0.29, 0.717) is 0 Å². The standard InChI is InChI=1S/C9H15N3O/c1-6-4-8(7(2)11-6)12(3)9(13)5-10/h4,11H,5,10H2,1-3H3. The second kappa shape index (κ2) is 3.62. The van der Waals surface area contributed by atoms with Crippen LogP contribution in [0.2, 0.25) is 0 Å². The summed E-state index contributed by atoms with van der Waals surface area (Å²) in [5.41, 5.74) is 8.20. The van der Waals surface area contributed by atoms with E-state index < -0.39 is 0 Å². The van der Waals surface area contributed by atoms with E-state index in [1.165, 1.54) is 0 Å². The first-order valence-corrected chi connectivity index (χ1v) is 4.19. The van der Waals surface area contributed by atoms with Crippen LogP contribution in [0.15, 0.2) is 6.07 Å². The quantitative estimate of drug-likeness (QED) is 0.700. The van der Waals surface area contributed by atoms with E-state index in [1.807, 2.05) is 19.9 Å². The fraction of sp³-hybridized carbons (Fsp3) is 0.444. The van der Waals surface area contributed by atoms with Gasteiger partial charge in [-0.2, -0.15) is 0 Å². The summed E-state index contributed by atoms with van der Waals surface area (Å²) in [5, 5.41) is 0. The number of aryl methyl sites for hydroxylation is 2. The number of hydrogen-bond acceptors (Lipinski definition) is 2. The summed E-state index contributed by atoms with van der Waals surface area (Å²) >= 11 is 0. The molecule has 0 saturated carbocycles. The van der Waals surface area contributed by atoms with Gasteiger partial charge in [0.15, 0.2) is 0 Å². The number of hydrogen-bond donors (Lipinski definition) is 2. The van der Waals surface area contributed by atoms with E-state index in [4.69, 9.17) is 5.73 Å². The fourth-order valence-corrected chi connectivity index (χ4v) is 1.33. The van der Waals surface area contributed by atoms with Gasteiger partial charge in [-0.1, -0.05) is 0 Å². The van der Waals surface area contributed by atoms with Crippen LogP contribution in [0.4, 0.5) is 5.69 Å². The number of nitrogens with two attached hydrogens (primary N) is 1. The zero-order chi connectivity index (χ0) is 10.0. The van der Waals surface area contributed by atoms with Gasteiger partial charge in [-0.15, -0.1) is 0 Å². The summed E-state index contributed by atoms with van der Waals surface area (Å²) < 4.78 is 0. The first-order chi connectivity index (χ1) is 6.06. The molecule has 0 saturated heterocycles. The lowest BCUT2D eigenvalue weighted by molar-refractivity contribution is -0.117. The van der Waals surface area contributed by atoms with Gasteiger partial charge in [-0.3, -0.25) is 4.79 Å². The van der Waals surface area contributed by atoms with E-state index in [0.717, 1.165) is 17.1 Å². The van der Waals surface area contributed by atoms with Crippen molar-refractivity contribution in [3.8, 4) is 0 Å². The summed E-state index contributed by atoms with van der Waals surface area (Å²) in [4.78, 5) is 16.0. The molecule has 3 N–H and O–H groups in total. The molecule has 0 aromatic carbocycles. The maximum Gasteiger partial charge on any atom is 0.240 e. The largest absolute Gasteiger partial charge is 0.361 e. The Morgan fingerprint density at radius 2 is 2.23 bits per heavy atom. The Bertz CT molecular complexity index is 317. The van der Waals surface area contributed by atoms with Crippen molar-refractivity contribution in [1.29, 1.82) is 0 Å². The summed E-state index contributed by atoms with van der Waals surface area (Å²) in [6.45, 7) is 3.93. The maximum atomic E-state index is 11.3. The molecule has 1 aromatic rings. The highest BCUT2D eigenvalue weighted by Crippen LogP contribution is 2.19. The molecule has 1 amide bonds. The molecule has 0 aliphatic rings. The van der Waals surface area contributed by atoms with Crippen LogP contribution in [-0.4, -0.2) is 24.5 Å². The van der Waals surface area contributed by atoms with Crippen LogP contribution in [0, 0.1) is 13.8 Å². The van der Waals surface area contributed by atoms with E-state index in [-0.39, 0.29) is 12.5 Å². The van der Waals surface area contributed by atoms with Crippen molar-refractivity contribution in [2.24, 2.45) is 5.73 Å². The highest BCUT2D eigenvalue weighted by molar-refractivity contribution is 5.94. The monoisotopic (exact) mass is 181 g/mol. The third-order valence-electron chi connectivity index (χ3n) is 2.03. The second-order valence-electron chi connectivity index (χ2n) is 3.12. The highest BCUT2D eigenvalue weighted by Gasteiger charge is 2.12. The average Bonchev–Trinajstić information content (AvgIpc) is 2.42. The number of anilines is 1. The van der Waals surface area contributed by atoms with E-state index in [2.05, 4.69) is 4.98 Å². The molecule has 0 aliphatic heterocycles. The molecule has 0 atom stereocenters. The predicted octanol–water partition coefficient (Wildman–Crippen LogP) is 0.553. The van der Waals surface area contributed by atoms with Crippen LogP contribution >= 0.6 is 0 Å². The molecule has 13 heavy (non-hydrogen) atoms. The lowest BCUT2D eigenvalue weighted by Crippen LogP contribution is -2.32. The molecule has 1 heterocycles. The third-order valence-corrected chi connectivity index (χ3v) is 2.03. The predicted molar refractivity (Wildman–Crippen MR) is 52.7 cm³/mol. The summed E-state index contributed by atoms with van der Waals surface area (Å²) in [6.07, 6.45) is 0. The minimum Gasteiger partial charge on any atom is -0.361 e. The molecule has 0 bridgehead atoms. The van der Waals surface area contributed by atoms with Crippen LogP contribution < -0.4 is 10.6 Å². The normalized spacial score (nSPS) is 10.2. The first kappa shape index (κ1) is 9.80. The topological polar surface area (TPSA) is 62.1 Å². The average molecular weight is 181 g/mol. The Labute approximate surface area is 77.7 Å². The van der Waals surface area contributed by atoms with Crippen LogP contribution in [-0.2, 0) is 4.79 Å². The molecule has 0 unspecified atom stereocenters. The minimum absolute atomic E-state index is 0.0418. The molecule has 4 heteroatoms. The smallest absolute Gasteiger partial charge is 0.240 e. The van der Waals surface area contributed by atoms with Crippen LogP contribution in [0.5, 0.6) is 0 Å². The third kappa shape index (κ3) is 1.89. The first-order valence-electron chi connectivity index (χ1n) is 4.19. The number of likely N-dealkylation sites (N-methyl/N-ethyl adjacent to an activating group) is 1. The molecule has 4 nitrogen and oxygen atoms in total. The van der Waals surface area contributed by atoms with Crippen molar-refractivity contribution < 1.29 is 4.79 Å². The van der Waals surface area contributed by atoms with Gasteiger partial charge in [0, 0.05) is 18.4 Å². The molecule has 0 fully saturated rings. The Kier molecular flexibility index (Phi) is 2.72. The van der Waals surface area contributed by atoms with Gasteiger partial charge >= 0.3 is 0 Å². The van der Waals surface area contributed by atoms with Crippen molar-refractivity contribution in [1.82, 2.24) is 4.98 Å². The Hall–Kier alpha value is -1.29. The Balaban J connectivity index is 2.94. The van der Waals surface area contributed by atoms with Crippen molar-refractivity contribution in [3.63, 3.8) is 0 Å². The zero-order valence-corrected chi connectivity index (χ0v) is 8.22. The molecule has 72 valence electrons. The van der Waals surface area contributed by atoms with Crippen molar-refractivity contribution in [3.05, 3.63) is 17.5 Å². The fourth-order valence-electron chi connectivity index (χ4n) is 1.33. The number of nitrogens with one attached hydrogen (secondary N) is 1. The molecule has 0 aliphatic carbocycles. The van der Waals surface area contributed by atoms with Gasteiger partial charge in [0.2, 0.25) is 5.91 Å². The Morgan fingerprint density at radius 3 is 2.62 bits per heavy atom. The van der Waals surface area contributed by atoms with Crippen LogP contribution in [0.1, 0.15) is 11.4 Å². The number of nitrogens with zero attached hydrogens (tertiary/aromatic N) is 1. The number of carbonyl (C=O) groups is 1. The van der Waals surface area contributed by atoms with Crippen LogP contribution in [0.3, 0.4) is 0 Å². The van der Waals surface area contributed by atoms with Crippen molar-refractivity contribution in [2.75, 3.05) is 18.5 Å². The summed E-state index contributed by atoms with van der Waals surface area (Å²) in [6, 6.07) is 1.93. The molecular weight excluding hydrogens is 166 g/mol. The Morgan fingerprint density at radius 1 is 1.62 bits per heavy atom. The van der Waals surface area contributed by atoms with Gasteiger partial charge in [0.25, 0.3) is 0 Å².